The summed E-state index contributed by atoms with van der Waals surface area (Å²) in [5.74, 6) is 0.231. The van der Waals surface area contributed by atoms with Gasteiger partial charge in [-0.15, -0.1) is 0 Å². The van der Waals surface area contributed by atoms with Gasteiger partial charge in [0, 0.05) is 13.0 Å². The lowest BCUT2D eigenvalue weighted by molar-refractivity contribution is -0.118. The van der Waals surface area contributed by atoms with Crippen LogP contribution in [-0.4, -0.2) is 15.7 Å². The Balaban J connectivity index is 3.05. The molecule has 0 atom stereocenters. The Labute approximate surface area is 88.7 Å². The fraction of sp³-hybridized carbons (Fsp3) is 0.500. The quantitative estimate of drug-likeness (QED) is 0.790. The van der Waals surface area contributed by atoms with E-state index in [0.29, 0.717) is 17.1 Å². The second kappa shape index (κ2) is 4.13. The average molecular weight is 206 g/mol. The molecule has 0 fully saturated rings. The van der Waals surface area contributed by atoms with Crippen LogP contribution in [0.1, 0.15) is 25.1 Å². The van der Waals surface area contributed by atoms with Crippen LogP contribution in [0.5, 0.6) is 0 Å². The normalized spacial score (nSPS) is 10.1. The van der Waals surface area contributed by atoms with Gasteiger partial charge in [0.1, 0.15) is 17.5 Å². The van der Waals surface area contributed by atoms with E-state index in [1.807, 2.05) is 6.07 Å². The molecule has 0 saturated carbocycles. The van der Waals surface area contributed by atoms with Crippen LogP contribution in [0, 0.1) is 24.2 Å². The van der Waals surface area contributed by atoms with Gasteiger partial charge in [0.2, 0.25) is 5.91 Å². The molecule has 0 aliphatic rings. The Morgan fingerprint density at radius 3 is 2.67 bits per heavy atom. The predicted molar refractivity (Wildman–Crippen MR) is 56.1 cm³/mol. The molecule has 1 N–H and O–H groups in total. The van der Waals surface area contributed by atoms with Crippen LogP contribution in [0.15, 0.2) is 0 Å². The van der Waals surface area contributed by atoms with E-state index in [-0.39, 0.29) is 11.8 Å². The van der Waals surface area contributed by atoms with Crippen molar-refractivity contribution in [2.45, 2.75) is 20.8 Å². The predicted octanol–water partition coefficient (Wildman–Crippen LogP) is 1.19. The monoisotopic (exact) mass is 206 g/mol. The van der Waals surface area contributed by atoms with E-state index in [1.54, 1.807) is 27.8 Å². The largest absolute Gasteiger partial charge is 0.310 e. The molecule has 1 amide bonds. The molecule has 0 radical (unpaired) electrons. The number of anilines is 1. The maximum Gasteiger partial charge on any atom is 0.228 e. The minimum absolute atomic E-state index is 0.116. The second-order valence-electron chi connectivity index (χ2n) is 3.69. The topological polar surface area (TPSA) is 70.7 Å². The Morgan fingerprint density at radius 1 is 1.60 bits per heavy atom. The van der Waals surface area contributed by atoms with Crippen molar-refractivity contribution in [3.05, 3.63) is 11.3 Å². The first-order valence-corrected chi connectivity index (χ1v) is 4.72. The molecular formula is C10H14N4O. The van der Waals surface area contributed by atoms with Crippen LogP contribution in [0.4, 0.5) is 5.82 Å². The molecule has 5 heteroatoms. The summed E-state index contributed by atoms with van der Waals surface area (Å²) in [7, 11) is 1.70. The minimum atomic E-state index is -0.119. The number of hydrogen-bond acceptors (Lipinski definition) is 3. The van der Waals surface area contributed by atoms with Crippen molar-refractivity contribution >= 4 is 11.7 Å². The lowest BCUT2D eigenvalue weighted by Gasteiger charge is -2.07. The molecule has 0 saturated heterocycles. The van der Waals surface area contributed by atoms with Crippen LogP contribution in [-0.2, 0) is 11.8 Å². The molecule has 0 aromatic carbocycles. The van der Waals surface area contributed by atoms with E-state index >= 15 is 0 Å². The molecule has 80 valence electrons. The van der Waals surface area contributed by atoms with Crippen molar-refractivity contribution in [3.63, 3.8) is 0 Å². The lowest BCUT2D eigenvalue weighted by atomic mass is 10.2. The fourth-order valence-corrected chi connectivity index (χ4v) is 1.20. The number of aryl methyl sites for hydroxylation is 2. The molecule has 0 aliphatic heterocycles. The minimum Gasteiger partial charge on any atom is -0.310 e. The SMILES string of the molecule is Cc1nn(C)c(NC(=O)C(C)C)c1C#N. The Bertz CT molecular complexity index is 425. The highest BCUT2D eigenvalue weighted by atomic mass is 16.1. The molecule has 0 unspecified atom stereocenters. The zero-order valence-electron chi connectivity index (χ0n) is 9.33. The summed E-state index contributed by atoms with van der Waals surface area (Å²) in [6.07, 6.45) is 0. The van der Waals surface area contributed by atoms with Gasteiger partial charge >= 0.3 is 0 Å². The first-order valence-electron chi connectivity index (χ1n) is 4.72. The highest BCUT2D eigenvalue weighted by Gasteiger charge is 2.16. The maximum atomic E-state index is 11.5. The summed E-state index contributed by atoms with van der Waals surface area (Å²) in [6, 6.07) is 2.03. The second-order valence-corrected chi connectivity index (χ2v) is 3.69. The zero-order valence-corrected chi connectivity index (χ0v) is 9.33. The van der Waals surface area contributed by atoms with Crippen molar-refractivity contribution in [1.29, 1.82) is 5.26 Å². The number of nitrogens with zero attached hydrogens (tertiary/aromatic N) is 3. The van der Waals surface area contributed by atoms with Gasteiger partial charge < -0.3 is 5.32 Å². The highest BCUT2D eigenvalue weighted by Crippen LogP contribution is 2.17. The summed E-state index contributed by atoms with van der Waals surface area (Å²) in [5, 5.41) is 15.7. The van der Waals surface area contributed by atoms with E-state index in [2.05, 4.69) is 10.4 Å². The highest BCUT2D eigenvalue weighted by molar-refractivity contribution is 5.92. The average Bonchev–Trinajstić information content (AvgIpc) is 2.41. The Hall–Kier alpha value is -1.83. The van der Waals surface area contributed by atoms with Crippen molar-refractivity contribution < 1.29 is 4.79 Å². The van der Waals surface area contributed by atoms with E-state index in [1.165, 1.54) is 4.68 Å². The van der Waals surface area contributed by atoms with Gasteiger partial charge in [0.25, 0.3) is 0 Å². The zero-order chi connectivity index (χ0) is 11.6. The van der Waals surface area contributed by atoms with Gasteiger partial charge in [-0.25, -0.2) is 0 Å². The summed E-state index contributed by atoms with van der Waals surface area (Å²) < 4.78 is 1.51. The molecule has 1 aromatic rings. The van der Waals surface area contributed by atoms with Gasteiger partial charge in [-0.2, -0.15) is 10.4 Å². The molecule has 0 aliphatic carbocycles. The number of carbonyl (C=O) groups is 1. The number of rotatable bonds is 2. The number of nitrogens with one attached hydrogen (secondary N) is 1. The van der Waals surface area contributed by atoms with Crippen molar-refractivity contribution in [2.24, 2.45) is 13.0 Å². The number of carbonyl (C=O) groups excluding carboxylic acids is 1. The van der Waals surface area contributed by atoms with Crippen LogP contribution in [0.25, 0.3) is 0 Å². The van der Waals surface area contributed by atoms with Crippen LogP contribution in [0.2, 0.25) is 0 Å². The Kier molecular flexibility index (Phi) is 3.10. The Morgan fingerprint density at radius 2 is 2.20 bits per heavy atom. The smallest absolute Gasteiger partial charge is 0.228 e. The molecule has 1 rings (SSSR count). The van der Waals surface area contributed by atoms with E-state index in [4.69, 9.17) is 5.26 Å². The third-order valence-electron chi connectivity index (χ3n) is 2.10. The van der Waals surface area contributed by atoms with Gasteiger partial charge in [-0.1, -0.05) is 13.8 Å². The summed E-state index contributed by atoms with van der Waals surface area (Å²) >= 11 is 0. The van der Waals surface area contributed by atoms with E-state index in [9.17, 15) is 4.79 Å². The van der Waals surface area contributed by atoms with Gasteiger partial charge in [0.05, 0.1) is 5.69 Å². The van der Waals surface area contributed by atoms with Crippen LogP contribution in [0.3, 0.4) is 0 Å². The number of amides is 1. The molecular weight excluding hydrogens is 192 g/mol. The lowest BCUT2D eigenvalue weighted by Crippen LogP contribution is -2.20. The van der Waals surface area contributed by atoms with Gasteiger partial charge in [-0.3, -0.25) is 9.48 Å². The van der Waals surface area contributed by atoms with Crippen LogP contribution < -0.4 is 5.32 Å². The van der Waals surface area contributed by atoms with Gasteiger partial charge in [0.15, 0.2) is 0 Å². The standard InChI is InChI=1S/C10H14N4O/c1-6(2)10(15)12-9-8(5-11)7(3)13-14(9)4/h6H,1-4H3,(H,12,15). The first-order chi connectivity index (χ1) is 6.97. The fourth-order valence-electron chi connectivity index (χ4n) is 1.20. The van der Waals surface area contributed by atoms with Crippen molar-refractivity contribution in [1.82, 2.24) is 9.78 Å². The maximum absolute atomic E-state index is 11.5. The summed E-state index contributed by atoms with van der Waals surface area (Å²) in [6.45, 7) is 5.33. The summed E-state index contributed by atoms with van der Waals surface area (Å²) in [5.41, 5.74) is 1.05. The summed E-state index contributed by atoms with van der Waals surface area (Å²) in [4.78, 5) is 11.5. The van der Waals surface area contributed by atoms with E-state index in [0.717, 1.165) is 0 Å². The first kappa shape index (κ1) is 11.2. The van der Waals surface area contributed by atoms with Crippen molar-refractivity contribution in [3.8, 4) is 6.07 Å². The molecule has 5 nitrogen and oxygen atoms in total. The number of aromatic nitrogens is 2. The third kappa shape index (κ3) is 2.15. The molecule has 15 heavy (non-hydrogen) atoms. The molecule has 0 bridgehead atoms. The van der Waals surface area contributed by atoms with E-state index < -0.39 is 0 Å². The third-order valence-corrected chi connectivity index (χ3v) is 2.10. The number of hydrogen-bond donors (Lipinski definition) is 1. The van der Waals surface area contributed by atoms with Crippen molar-refractivity contribution in [2.75, 3.05) is 5.32 Å². The number of nitriles is 1. The molecule has 0 spiro atoms. The van der Waals surface area contributed by atoms with Crippen LogP contribution >= 0.6 is 0 Å². The molecule has 1 aromatic heterocycles. The van der Waals surface area contributed by atoms with Gasteiger partial charge in [-0.05, 0) is 6.92 Å². The molecule has 1 heterocycles.